The quantitative estimate of drug-likeness (QED) is 0.804. The summed E-state index contributed by atoms with van der Waals surface area (Å²) in [5.74, 6) is -0.0218. The van der Waals surface area contributed by atoms with Crippen LogP contribution >= 0.6 is 0 Å². The van der Waals surface area contributed by atoms with Crippen molar-refractivity contribution in [1.82, 2.24) is 14.7 Å². The van der Waals surface area contributed by atoms with Crippen molar-refractivity contribution >= 4 is 22.8 Å². The van der Waals surface area contributed by atoms with Gasteiger partial charge in [-0.05, 0) is 31.4 Å². The molecule has 0 unspecified atom stereocenters. The van der Waals surface area contributed by atoms with Gasteiger partial charge in [0.25, 0.3) is 5.91 Å². The van der Waals surface area contributed by atoms with Gasteiger partial charge >= 0.3 is 0 Å². The molecule has 2 fully saturated rings. The Balaban J connectivity index is 1.36. The summed E-state index contributed by atoms with van der Waals surface area (Å²) in [6.07, 6.45) is 3.38. The zero-order chi connectivity index (χ0) is 19.5. The maximum atomic E-state index is 12.8. The first-order chi connectivity index (χ1) is 13.6. The van der Waals surface area contributed by atoms with E-state index in [1.807, 2.05) is 4.90 Å². The van der Waals surface area contributed by atoms with E-state index in [-0.39, 0.29) is 23.0 Å². The van der Waals surface area contributed by atoms with Crippen molar-refractivity contribution < 1.29 is 14.0 Å². The zero-order valence-corrected chi connectivity index (χ0v) is 15.9. The number of benzene rings is 1. The van der Waals surface area contributed by atoms with E-state index in [2.05, 4.69) is 4.90 Å². The van der Waals surface area contributed by atoms with Crippen LogP contribution in [0.2, 0.25) is 0 Å². The average molecular weight is 383 g/mol. The lowest BCUT2D eigenvalue weighted by Gasteiger charge is -2.35. The Morgan fingerprint density at radius 1 is 0.893 bits per heavy atom. The van der Waals surface area contributed by atoms with Gasteiger partial charge in [-0.25, -0.2) is 0 Å². The second-order valence-electron chi connectivity index (χ2n) is 7.48. The lowest BCUT2D eigenvalue weighted by atomic mass is 10.1. The summed E-state index contributed by atoms with van der Waals surface area (Å²) in [6, 6.07) is 8.20. The van der Waals surface area contributed by atoms with E-state index in [1.54, 1.807) is 29.2 Å². The van der Waals surface area contributed by atoms with Crippen LogP contribution in [0.5, 0.6) is 0 Å². The monoisotopic (exact) mass is 383 g/mol. The number of hydrogen-bond acceptors (Lipinski definition) is 5. The van der Waals surface area contributed by atoms with Crippen LogP contribution in [0.15, 0.2) is 39.5 Å². The topological polar surface area (TPSA) is 74.1 Å². The number of piperazine rings is 1. The van der Waals surface area contributed by atoms with Crippen molar-refractivity contribution in [3.63, 3.8) is 0 Å². The third-order valence-electron chi connectivity index (χ3n) is 5.57. The standard InChI is InChI=1S/C21H25N3O4/c25-17-14-19(28-18-7-3-2-6-16(17)18)21(27)24-12-10-22(11-13-24)15-20(26)23-8-4-1-5-9-23/h2-3,6-7,14H,1,4-5,8-13,15H2. The van der Waals surface area contributed by atoms with E-state index >= 15 is 0 Å². The predicted molar refractivity (Wildman–Crippen MR) is 105 cm³/mol. The van der Waals surface area contributed by atoms with Crippen molar-refractivity contribution in [2.24, 2.45) is 0 Å². The van der Waals surface area contributed by atoms with Crippen molar-refractivity contribution in [2.75, 3.05) is 45.8 Å². The Hall–Kier alpha value is -2.67. The first-order valence-electron chi connectivity index (χ1n) is 9.94. The number of hydrogen-bond donors (Lipinski definition) is 0. The number of likely N-dealkylation sites (tertiary alicyclic amines) is 1. The molecule has 7 heteroatoms. The number of amides is 2. The molecule has 0 atom stereocenters. The molecule has 3 heterocycles. The summed E-state index contributed by atoms with van der Waals surface area (Å²) in [4.78, 5) is 43.2. The van der Waals surface area contributed by atoms with Crippen LogP contribution in [-0.2, 0) is 4.79 Å². The van der Waals surface area contributed by atoms with Crippen molar-refractivity contribution in [1.29, 1.82) is 0 Å². The molecule has 1 aromatic carbocycles. The molecular weight excluding hydrogens is 358 g/mol. The second kappa shape index (κ2) is 8.14. The van der Waals surface area contributed by atoms with Gasteiger partial charge in [-0.3, -0.25) is 19.3 Å². The molecule has 148 valence electrons. The number of para-hydroxylation sites is 1. The van der Waals surface area contributed by atoms with Crippen LogP contribution in [0, 0.1) is 0 Å². The maximum absolute atomic E-state index is 12.8. The summed E-state index contributed by atoms with van der Waals surface area (Å²) in [6.45, 7) is 4.45. The minimum atomic E-state index is -0.273. The third kappa shape index (κ3) is 3.94. The highest BCUT2D eigenvalue weighted by Crippen LogP contribution is 2.15. The molecule has 0 N–H and O–H groups in total. The van der Waals surface area contributed by atoms with E-state index < -0.39 is 0 Å². The minimum absolute atomic E-state index is 0.0709. The highest BCUT2D eigenvalue weighted by molar-refractivity contribution is 5.93. The summed E-state index contributed by atoms with van der Waals surface area (Å²) in [7, 11) is 0. The van der Waals surface area contributed by atoms with Crippen LogP contribution in [0.1, 0.15) is 29.8 Å². The molecular formula is C21H25N3O4. The number of piperidine rings is 1. The molecule has 0 saturated carbocycles. The molecule has 0 bridgehead atoms. The van der Waals surface area contributed by atoms with Gasteiger partial charge in [0.2, 0.25) is 5.91 Å². The van der Waals surface area contributed by atoms with Crippen LogP contribution < -0.4 is 5.43 Å². The summed E-state index contributed by atoms with van der Waals surface area (Å²) >= 11 is 0. The molecule has 2 aliphatic rings. The summed E-state index contributed by atoms with van der Waals surface area (Å²) in [5.41, 5.74) is 0.208. The lowest BCUT2D eigenvalue weighted by molar-refractivity contribution is -0.133. The SMILES string of the molecule is O=C(CN1CCN(C(=O)c2cc(=O)c3ccccc3o2)CC1)N1CCCCC1. The first-order valence-corrected chi connectivity index (χ1v) is 9.94. The Kier molecular flexibility index (Phi) is 5.43. The van der Waals surface area contributed by atoms with Crippen LogP contribution in [0.25, 0.3) is 11.0 Å². The van der Waals surface area contributed by atoms with Crippen molar-refractivity contribution in [3.05, 3.63) is 46.3 Å². The Morgan fingerprint density at radius 3 is 2.36 bits per heavy atom. The van der Waals surface area contributed by atoms with Gasteiger partial charge < -0.3 is 14.2 Å². The number of fused-ring (bicyclic) bond motifs is 1. The maximum Gasteiger partial charge on any atom is 0.289 e. The molecule has 2 aliphatic heterocycles. The molecule has 0 radical (unpaired) electrons. The van der Waals surface area contributed by atoms with E-state index in [4.69, 9.17) is 4.42 Å². The van der Waals surface area contributed by atoms with E-state index in [1.165, 1.54) is 12.5 Å². The number of carbonyl (C=O) groups is 2. The van der Waals surface area contributed by atoms with Crippen molar-refractivity contribution in [3.8, 4) is 0 Å². The fourth-order valence-electron chi connectivity index (χ4n) is 3.91. The molecule has 1 aromatic heterocycles. The van der Waals surface area contributed by atoms with Crippen LogP contribution in [0.4, 0.5) is 0 Å². The van der Waals surface area contributed by atoms with E-state index in [0.717, 1.165) is 25.9 Å². The normalized spacial score (nSPS) is 18.4. The zero-order valence-electron chi connectivity index (χ0n) is 15.9. The molecule has 2 saturated heterocycles. The molecule has 2 aromatic rings. The van der Waals surface area contributed by atoms with E-state index in [9.17, 15) is 14.4 Å². The van der Waals surface area contributed by atoms with Gasteiger partial charge in [0.1, 0.15) is 5.58 Å². The van der Waals surface area contributed by atoms with Gasteiger partial charge in [-0.15, -0.1) is 0 Å². The Labute approximate surface area is 163 Å². The lowest BCUT2D eigenvalue weighted by Crippen LogP contribution is -2.52. The third-order valence-corrected chi connectivity index (χ3v) is 5.57. The summed E-state index contributed by atoms with van der Waals surface area (Å²) < 4.78 is 5.66. The van der Waals surface area contributed by atoms with Gasteiger partial charge in [0.15, 0.2) is 11.2 Å². The fraction of sp³-hybridized carbons (Fsp3) is 0.476. The highest BCUT2D eigenvalue weighted by atomic mass is 16.3. The second-order valence-corrected chi connectivity index (χ2v) is 7.48. The smallest absolute Gasteiger partial charge is 0.289 e. The number of rotatable bonds is 3. The summed E-state index contributed by atoms with van der Waals surface area (Å²) in [5, 5.41) is 0.472. The number of nitrogens with zero attached hydrogens (tertiary/aromatic N) is 3. The largest absolute Gasteiger partial charge is 0.451 e. The predicted octanol–water partition coefficient (Wildman–Crippen LogP) is 1.56. The Morgan fingerprint density at radius 2 is 1.61 bits per heavy atom. The Bertz CT molecular complexity index is 925. The molecule has 0 aliphatic carbocycles. The highest BCUT2D eigenvalue weighted by Gasteiger charge is 2.26. The molecule has 0 spiro atoms. The molecule has 7 nitrogen and oxygen atoms in total. The minimum Gasteiger partial charge on any atom is -0.451 e. The van der Waals surface area contributed by atoms with Crippen molar-refractivity contribution in [2.45, 2.75) is 19.3 Å². The average Bonchev–Trinajstić information content (AvgIpc) is 2.74. The van der Waals surface area contributed by atoms with E-state index in [0.29, 0.717) is 43.7 Å². The molecule has 4 rings (SSSR count). The molecule has 28 heavy (non-hydrogen) atoms. The molecule has 2 amide bonds. The number of carbonyl (C=O) groups excluding carboxylic acids is 2. The van der Waals surface area contributed by atoms with Crippen LogP contribution in [0.3, 0.4) is 0 Å². The fourth-order valence-corrected chi connectivity index (χ4v) is 3.91. The van der Waals surface area contributed by atoms with Gasteiger partial charge in [0.05, 0.1) is 11.9 Å². The van der Waals surface area contributed by atoms with Crippen LogP contribution in [-0.4, -0.2) is 72.3 Å². The van der Waals surface area contributed by atoms with Gasteiger partial charge in [-0.2, -0.15) is 0 Å². The first kappa shape index (κ1) is 18.7. The van der Waals surface area contributed by atoms with Gasteiger partial charge in [-0.1, -0.05) is 12.1 Å². The van der Waals surface area contributed by atoms with Gasteiger partial charge in [0, 0.05) is 45.3 Å².